The van der Waals surface area contributed by atoms with Crippen molar-refractivity contribution in [3.05, 3.63) is 42.0 Å². The van der Waals surface area contributed by atoms with E-state index in [0.717, 1.165) is 5.69 Å². The first-order chi connectivity index (χ1) is 7.51. The Morgan fingerprint density at radius 3 is 2.50 bits per heavy atom. The van der Waals surface area contributed by atoms with Crippen molar-refractivity contribution >= 4 is 11.4 Å². The predicted molar refractivity (Wildman–Crippen MR) is 70.5 cm³/mol. The minimum absolute atomic E-state index is 0.0436. The Kier molecular flexibility index (Phi) is 2.71. The zero-order valence-corrected chi connectivity index (χ0v) is 10.5. The van der Waals surface area contributed by atoms with Crippen molar-refractivity contribution in [2.24, 2.45) is 10.9 Å². The smallest absolute Gasteiger partial charge is 0.0674 e. The summed E-state index contributed by atoms with van der Waals surface area (Å²) in [6.45, 7) is 8.85. The molecule has 2 rings (SSSR count). The maximum absolute atomic E-state index is 4.71. The topological polar surface area (TPSA) is 12.4 Å². The third-order valence-corrected chi connectivity index (χ3v) is 3.10. The van der Waals surface area contributed by atoms with Crippen LogP contribution in [-0.4, -0.2) is 5.71 Å². The van der Waals surface area contributed by atoms with Crippen LogP contribution in [0, 0.1) is 5.92 Å². The zero-order chi connectivity index (χ0) is 11.8. The van der Waals surface area contributed by atoms with Gasteiger partial charge in [0.15, 0.2) is 0 Å². The Balaban J connectivity index is 2.39. The van der Waals surface area contributed by atoms with Gasteiger partial charge < -0.3 is 0 Å². The average Bonchev–Trinajstić information content (AvgIpc) is 2.48. The molecule has 0 aromatic heterocycles. The van der Waals surface area contributed by atoms with Gasteiger partial charge in [0.25, 0.3) is 0 Å². The molecule has 1 aliphatic heterocycles. The molecule has 0 atom stereocenters. The molecule has 0 spiro atoms. The highest BCUT2D eigenvalue weighted by molar-refractivity contribution is 6.08. The van der Waals surface area contributed by atoms with Crippen molar-refractivity contribution in [1.29, 1.82) is 0 Å². The van der Waals surface area contributed by atoms with Gasteiger partial charge in [-0.25, -0.2) is 0 Å². The number of fused-ring (bicyclic) bond motifs is 1. The Labute approximate surface area is 97.9 Å². The number of allylic oxidation sites excluding steroid dienone is 2. The second-order valence-corrected chi connectivity index (χ2v) is 5.24. The SMILES string of the molecule is CC(C)/C=C/C1=Nc2ccccc2C1(C)C. The molecule has 0 unspecified atom stereocenters. The monoisotopic (exact) mass is 213 g/mol. The van der Waals surface area contributed by atoms with Crippen molar-refractivity contribution in [2.45, 2.75) is 33.1 Å². The molecule has 0 saturated heterocycles. The van der Waals surface area contributed by atoms with Gasteiger partial charge in [0, 0.05) is 5.41 Å². The number of para-hydroxylation sites is 1. The summed E-state index contributed by atoms with van der Waals surface area (Å²) in [5.74, 6) is 0.571. The molecule has 1 heteroatoms. The van der Waals surface area contributed by atoms with E-state index in [2.05, 4.69) is 58.0 Å². The minimum atomic E-state index is 0.0436. The number of hydrogen-bond donors (Lipinski definition) is 0. The van der Waals surface area contributed by atoms with Crippen LogP contribution < -0.4 is 0 Å². The molecule has 1 nitrogen and oxygen atoms in total. The molecule has 0 saturated carbocycles. The second kappa shape index (κ2) is 3.89. The Morgan fingerprint density at radius 1 is 1.19 bits per heavy atom. The van der Waals surface area contributed by atoms with Gasteiger partial charge >= 0.3 is 0 Å². The highest BCUT2D eigenvalue weighted by Gasteiger charge is 2.32. The minimum Gasteiger partial charge on any atom is -0.252 e. The van der Waals surface area contributed by atoms with E-state index in [1.165, 1.54) is 11.3 Å². The van der Waals surface area contributed by atoms with Gasteiger partial charge in [0.2, 0.25) is 0 Å². The molecular formula is C15H19N. The fraction of sp³-hybridized carbons (Fsp3) is 0.400. The van der Waals surface area contributed by atoms with Gasteiger partial charge in [-0.3, -0.25) is 4.99 Å². The van der Waals surface area contributed by atoms with E-state index in [-0.39, 0.29) is 5.41 Å². The maximum atomic E-state index is 4.71. The molecule has 1 aliphatic rings. The number of hydrogen-bond acceptors (Lipinski definition) is 1. The molecule has 0 amide bonds. The molecule has 0 fully saturated rings. The van der Waals surface area contributed by atoms with Crippen LogP contribution in [0.1, 0.15) is 33.3 Å². The first-order valence-electron chi connectivity index (χ1n) is 5.88. The lowest BCUT2D eigenvalue weighted by molar-refractivity contribution is 0.738. The molecule has 16 heavy (non-hydrogen) atoms. The third-order valence-electron chi connectivity index (χ3n) is 3.10. The number of nitrogens with zero attached hydrogens (tertiary/aromatic N) is 1. The Hall–Kier alpha value is -1.37. The van der Waals surface area contributed by atoms with Crippen molar-refractivity contribution in [3.8, 4) is 0 Å². The number of benzene rings is 1. The zero-order valence-electron chi connectivity index (χ0n) is 10.5. The molecule has 0 radical (unpaired) electrons. The van der Waals surface area contributed by atoms with Crippen LogP contribution in [0.15, 0.2) is 41.4 Å². The largest absolute Gasteiger partial charge is 0.252 e. The van der Waals surface area contributed by atoms with Crippen molar-refractivity contribution in [3.63, 3.8) is 0 Å². The number of rotatable bonds is 2. The summed E-state index contributed by atoms with van der Waals surface area (Å²) in [6.07, 6.45) is 4.39. The molecule has 0 N–H and O–H groups in total. The maximum Gasteiger partial charge on any atom is 0.0674 e. The van der Waals surface area contributed by atoms with Crippen LogP contribution in [0.5, 0.6) is 0 Å². The molecule has 1 heterocycles. The summed E-state index contributed by atoms with van der Waals surface area (Å²) in [6, 6.07) is 8.40. The van der Waals surface area contributed by atoms with Gasteiger partial charge in [-0.15, -0.1) is 0 Å². The average molecular weight is 213 g/mol. The fourth-order valence-corrected chi connectivity index (χ4v) is 2.04. The highest BCUT2D eigenvalue weighted by atomic mass is 14.8. The summed E-state index contributed by atoms with van der Waals surface area (Å²) < 4.78 is 0. The normalized spacial score (nSPS) is 17.9. The van der Waals surface area contributed by atoms with Crippen LogP contribution in [0.3, 0.4) is 0 Å². The summed E-state index contributed by atoms with van der Waals surface area (Å²) in [7, 11) is 0. The van der Waals surface area contributed by atoms with E-state index in [1.54, 1.807) is 0 Å². The van der Waals surface area contributed by atoms with Crippen molar-refractivity contribution < 1.29 is 0 Å². The predicted octanol–water partition coefficient (Wildman–Crippen LogP) is 4.26. The summed E-state index contributed by atoms with van der Waals surface area (Å²) in [5.41, 5.74) is 3.67. The lowest BCUT2D eigenvalue weighted by Gasteiger charge is -2.20. The lowest BCUT2D eigenvalue weighted by Crippen LogP contribution is -2.23. The number of aliphatic imine (C=N–C) groups is 1. The highest BCUT2D eigenvalue weighted by Crippen LogP contribution is 2.39. The van der Waals surface area contributed by atoms with E-state index >= 15 is 0 Å². The van der Waals surface area contributed by atoms with E-state index in [4.69, 9.17) is 4.99 Å². The van der Waals surface area contributed by atoms with Gasteiger partial charge in [0.05, 0.1) is 11.4 Å². The van der Waals surface area contributed by atoms with Crippen LogP contribution >= 0.6 is 0 Å². The van der Waals surface area contributed by atoms with E-state index in [9.17, 15) is 0 Å². The molecule has 0 bridgehead atoms. The fourth-order valence-electron chi connectivity index (χ4n) is 2.04. The summed E-state index contributed by atoms with van der Waals surface area (Å²) in [4.78, 5) is 4.71. The van der Waals surface area contributed by atoms with Crippen LogP contribution in [0.25, 0.3) is 0 Å². The Bertz CT molecular complexity index is 450. The molecule has 1 aromatic rings. The van der Waals surface area contributed by atoms with E-state index < -0.39 is 0 Å². The summed E-state index contributed by atoms with van der Waals surface area (Å²) in [5, 5.41) is 0. The van der Waals surface area contributed by atoms with Gasteiger partial charge in [-0.2, -0.15) is 0 Å². The van der Waals surface area contributed by atoms with E-state index in [0.29, 0.717) is 5.92 Å². The van der Waals surface area contributed by atoms with Crippen molar-refractivity contribution in [2.75, 3.05) is 0 Å². The van der Waals surface area contributed by atoms with Gasteiger partial charge in [0.1, 0.15) is 0 Å². The lowest BCUT2D eigenvalue weighted by atomic mass is 9.81. The second-order valence-electron chi connectivity index (χ2n) is 5.24. The third kappa shape index (κ3) is 1.82. The van der Waals surface area contributed by atoms with Crippen LogP contribution in [0.4, 0.5) is 5.69 Å². The van der Waals surface area contributed by atoms with Crippen molar-refractivity contribution in [1.82, 2.24) is 0 Å². The standard InChI is InChI=1S/C15H19N/c1-11(2)9-10-14-15(3,4)12-7-5-6-8-13(12)16-14/h5-11H,1-4H3/b10-9+. The first kappa shape index (κ1) is 11.1. The Morgan fingerprint density at radius 2 is 1.88 bits per heavy atom. The molecular weight excluding hydrogens is 194 g/mol. The van der Waals surface area contributed by atoms with Gasteiger partial charge in [-0.05, 0) is 23.6 Å². The van der Waals surface area contributed by atoms with Gasteiger partial charge in [-0.1, -0.05) is 52.0 Å². The molecule has 1 aromatic carbocycles. The molecule has 0 aliphatic carbocycles. The van der Waals surface area contributed by atoms with E-state index in [1.807, 2.05) is 6.07 Å². The quantitative estimate of drug-likeness (QED) is 0.696. The van der Waals surface area contributed by atoms with Crippen LogP contribution in [-0.2, 0) is 5.41 Å². The first-order valence-corrected chi connectivity index (χ1v) is 5.88. The van der Waals surface area contributed by atoms with Crippen LogP contribution in [0.2, 0.25) is 0 Å². The molecule has 84 valence electrons. The summed E-state index contributed by atoms with van der Waals surface area (Å²) >= 11 is 0.